The quantitative estimate of drug-likeness (QED) is 0.130. The Morgan fingerprint density at radius 3 is 2.02 bits per heavy atom. The summed E-state index contributed by atoms with van der Waals surface area (Å²) < 4.78 is 25.4. The Hall–Kier alpha value is -4.33. The zero-order chi connectivity index (χ0) is 32.9. The third-order valence-electron chi connectivity index (χ3n) is 7.29. The van der Waals surface area contributed by atoms with Gasteiger partial charge in [-0.1, -0.05) is 64.1 Å². The van der Waals surface area contributed by atoms with Crippen molar-refractivity contribution < 1.29 is 43.3 Å². The third-order valence-corrected chi connectivity index (χ3v) is 9.34. The number of benzene rings is 2. The topological polar surface area (TPSA) is 203 Å². The molecule has 0 saturated carbocycles. The number of esters is 1. The Morgan fingerprint density at radius 2 is 1.49 bits per heavy atom. The normalized spacial score (nSPS) is 13.5. The minimum Gasteiger partial charge on any atom is -0.446 e. The fourth-order valence-corrected chi connectivity index (χ4v) is 6.77. The van der Waals surface area contributed by atoms with Crippen molar-refractivity contribution >= 4 is 42.4 Å². The molecule has 0 radical (unpaired) electrons. The molecule has 0 aliphatic rings. The number of anilines is 1. The van der Waals surface area contributed by atoms with Crippen LogP contribution in [0.25, 0.3) is 11.2 Å². The highest BCUT2D eigenvalue weighted by molar-refractivity contribution is 7.53. The molecule has 1 amide bonds. The molecule has 2 atom stereocenters. The number of nitrogens with one attached hydrogen (secondary N) is 1. The first-order chi connectivity index (χ1) is 21.3. The van der Waals surface area contributed by atoms with Gasteiger partial charge in [-0.05, 0) is 36.1 Å². The number of aromatic nitrogens is 4. The summed E-state index contributed by atoms with van der Waals surface area (Å²) in [4.78, 5) is 73.4. The average molecular weight is 640 g/mol. The van der Waals surface area contributed by atoms with Crippen LogP contribution < -0.4 is 5.32 Å². The molecule has 4 aromatic rings. The fourth-order valence-electron chi connectivity index (χ4n) is 5.15. The van der Waals surface area contributed by atoms with Gasteiger partial charge < -0.3 is 29.7 Å². The number of aliphatic hydroxyl groups excluding tert-OH is 1. The lowest BCUT2D eigenvalue weighted by Crippen LogP contribution is -2.53. The van der Waals surface area contributed by atoms with Gasteiger partial charge in [0, 0.05) is 5.56 Å². The Kier molecular flexibility index (Phi) is 10.3. The lowest BCUT2D eigenvalue weighted by atomic mass is 9.94. The first-order valence-electron chi connectivity index (χ1n) is 14.0. The average Bonchev–Trinajstić information content (AvgIpc) is 3.45. The van der Waals surface area contributed by atoms with Crippen molar-refractivity contribution in [3.63, 3.8) is 0 Å². The molecule has 0 saturated heterocycles. The van der Waals surface area contributed by atoms with E-state index < -0.39 is 61.4 Å². The minimum absolute atomic E-state index is 0.00618. The third kappa shape index (κ3) is 6.85. The van der Waals surface area contributed by atoms with E-state index in [1.165, 1.54) is 39.8 Å². The molecule has 0 aliphatic heterocycles. The maximum atomic E-state index is 14.1. The van der Waals surface area contributed by atoms with Crippen molar-refractivity contribution in [2.24, 2.45) is 11.8 Å². The summed E-state index contributed by atoms with van der Waals surface area (Å²) in [5.41, 5.74) is 0.368. The van der Waals surface area contributed by atoms with Gasteiger partial charge in [0.25, 0.3) is 11.8 Å². The molecule has 0 spiro atoms. The fraction of sp³-hybridized carbons (Fsp3) is 0.333. The van der Waals surface area contributed by atoms with Gasteiger partial charge in [0.2, 0.25) is 6.10 Å². The maximum Gasteiger partial charge on any atom is 0.357 e. The van der Waals surface area contributed by atoms with Gasteiger partial charge in [-0.2, -0.15) is 0 Å². The smallest absolute Gasteiger partial charge is 0.357 e. The summed E-state index contributed by atoms with van der Waals surface area (Å²) in [6.07, 6.45) is -1.51. The van der Waals surface area contributed by atoms with E-state index in [1.807, 2.05) is 0 Å². The Morgan fingerprint density at radius 1 is 0.911 bits per heavy atom. The molecule has 0 fully saturated rings. The molecule has 0 unspecified atom stereocenters. The number of carbonyl (C=O) groups is 3. The van der Waals surface area contributed by atoms with E-state index in [9.17, 15) is 33.8 Å². The van der Waals surface area contributed by atoms with E-state index in [-0.39, 0.29) is 22.5 Å². The predicted molar refractivity (Wildman–Crippen MR) is 162 cm³/mol. The Labute approximate surface area is 258 Å². The molecule has 15 heteroatoms. The van der Waals surface area contributed by atoms with Crippen molar-refractivity contribution in [2.45, 2.75) is 45.2 Å². The van der Waals surface area contributed by atoms with E-state index in [1.54, 1.807) is 48.5 Å². The SMILES string of the molecule is CC(C)C(O[C@@H](CO)[C@@H](OC(=O)c1ccccc1)C(=O)n1cnc2c(NC(=O)c3ccccc3)ncnc21)(C(C)C)P(=O)(O)O. The second-order valence-electron chi connectivity index (χ2n) is 10.8. The number of ether oxygens (including phenoxy) is 2. The summed E-state index contributed by atoms with van der Waals surface area (Å²) in [5.74, 6) is -4.05. The summed E-state index contributed by atoms with van der Waals surface area (Å²) in [6.45, 7) is 5.18. The van der Waals surface area contributed by atoms with Gasteiger partial charge in [0.1, 0.15) is 18.8 Å². The highest BCUT2D eigenvalue weighted by atomic mass is 31.2. The molecule has 45 heavy (non-hydrogen) atoms. The van der Waals surface area contributed by atoms with Crippen molar-refractivity contribution in [2.75, 3.05) is 11.9 Å². The van der Waals surface area contributed by atoms with Crippen molar-refractivity contribution in [3.05, 3.63) is 84.4 Å². The number of carbonyl (C=O) groups excluding carboxylic acids is 3. The van der Waals surface area contributed by atoms with Crippen LogP contribution in [0.1, 0.15) is 53.2 Å². The summed E-state index contributed by atoms with van der Waals surface area (Å²) in [6, 6.07) is 16.1. The van der Waals surface area contributed by atoms with Crippen molar-refractivity contribution in [1.82, 2.24) is 19.5 Å². The van der Waals surface area contributed by atoms with E-state index in [0.717, 1.165) is 17.2 Å². The lowest BCUT2D eigenvalue weighted by molar-refractivity contribution is -0.148. The van der Waals surface area contributed by atoms with E-state index in [2.05, 4.69) is 20.3 Å². The van der Waals surface area contributed by atoms with Crippen LogP contribution in [0, 0.1) is 11.8 Å². The van der Waals surface area contributed by atoms with Gasteiger partial charge in [-0.15, -0.1) is 0 Å². The zero-order valence-corrected chi connectivity index (χ0v) is 25.9. The van der Waals surface area contributed by atoms with E-state index in [0.29, 0.717) is 5.56 Å². The van der Waals surface area contributed by atoms with Crippen LogP contribution in [-0.2, 0) is 14.0 Å². The molecule has 4 N–H and O–H groups in total. The molecule has 4 rings (SSSR count). The molecule has 2 heterocycles. The number of nitrogens with zero attached hydrogens (tertiary/aromatic N) is 4. The Balaban J connectivity index is 1.77. The monoisotopic (exact) mass is 639 g/mol. The van der Waals surface area contributed by atoms with Crippen LogP contribution >= 0.6 is 7.60 Å². The van der Waals surface area contributed by atoms with Crippen molar-refractivity contribution in [3.8, 4) is 0 Å². The second kappa shape index (κ2) is 13.8. The summed E-state index contributed by atoms with van der Waals surface area (Å²) in [7, 11) is -5.06. The van der Waals surface area contributed by atoms with Gasteiger partial charge in [0.15, 0.2) is 22.3 Å². The first kappa shape index (κ1) is 33.6. The van der Waals surface area contributed by atoms with Crippen LogP contribution in [0.3, 0.4) is 0 Å². The predicted octanol–water partition coefficient (Wildman–Crippen LogP) is 3.51. The van der Waals surface area contributed by atoms with Crippen LogP contribution in [0.15, 0.2) is 73.3 Å². The highest BCUT2D eigenvalue weighted by Gasteiger charge is 2.56. The number of rotatable bonds is 12. The molecular weight excluding hydrogens is 605 g/mol. The van der Waals surface area contributed by atoms with E-state index >= 15 is 0 Å². The summed E-state index contributed by atoms with van der Waals surface area (Å²) >= 11 is 0. The molecule has 2 aromatic carbocycles. The van der Waals surface area contributed by atoms with Gasteiger partial charge in [-0.3, -0.25) is 14.2 Å². The van der Waals surface area contributed by atoms with E-state index in [4.69, 9.17) is 9.47 Å². The Bertz CT molecular complexity index is 1700. The number of hydrogen-bond acceptors (Lipinski definition) is 10. The second-order valence-corrected chi connectivity index (χ2v) is 12.6. The highest BCUT2D eigenvalue weighted by Crippen LogP contribution is 2.59. The maximum absolute atomic E-state index is 14.1. The zero-order valence-electron chi connectivity index (χ0n) is 25.0. The first-order valence-corrected chi connectivity index (χ1v) is 15.6. The van der Waals surface area contributed by atoms with Crippen LogP contribution in [0.4, 0.5) is 5.82 Å². The number of fused-ring (bicyclic) bond motifs is 1. The van der Waals surface area contributed by atoms with Crippen LogP contribution in [0.2, 0.25) is 0 Å². The number of amides is 1. The number of aliphatic hydroxyl groups is 1. The van der Waals surface area contributed by atoms with Gasteiger partial charge in [-0.25, -0.2) is 24.3 Å². The lowest BCUT2D eigenvalue weighted by Gasteiger charge is -2.44. The molecule has 238 valence electrons. The molecular formula is C30H34N5O9P. The molecule has 0 bridgehead atoms. The molecule has 0 aliphatic carbocycles. The summed E-state index contributed by atoms with van der Waals surface area (Å²) in [5, 5.41) is 10.9. The number of imidazole rings is 1. The largest absolute Gasteiger partial charge is 0.446 e. The molecule has 14 nitrogen and oxygen atoms in total. The van der Waals surface area contributed by atoms with Crippen molar-refractivity contribution in [1.29, 1.82) is 0 Å². The molecule has 2 aromatic heterocycles. The minimum atomic E-state index is -5.06. The number of hydrogen-bond donors (Lipinski definition) is 4. The van der Waals surface area contributed by atoms with Crippen LogP contribution in [-0.4, -0.2) is 76.4 Å². The standard InChI is InChI=1S/C30H34N5O9P/c1-18(2)30(19(3)4,45(40,41)42)44-22(15-36)24(43-29(39)21-13-9-6-10-14-21)28(38)35-17-33-23-25(31-16-32-26(23)35)34-27(37)20-11-7-5-8-12-20/h5-14,16-19,22,24,36H,15H2,1-4H3,(H2,40,41,42)(H,31,32,34,37)/t22-,24+/m0/s1. The van der Waals surface area contributed by atoms with Gasteiger partial charge >= 0.3 is 13.6 Å². The van der Waals surface area contributed by atoms with Gasteiger partial charge in [0.05, 0.1) is 12.2 Å². The van der Waals surface area contributed by atoms with Crippen LogP contribution in [0.5, 0.6) is 0 Å².